The minimum absolute atomic E-state index is 1.09. The maximum atomic E-state index is 3.52. The molecule has 0 amide bonds. The molecule has 0 bridgehead atoms. The van der Waals surface area contributed by atoms with Gasteiger partial charge in [0.15, 0.2) is 0 Å². The third-order valence-electron chi connectivity index (χ3n) is 3.54. The van der Waals surface area contributed by atoms with E-state index in [1.54, 1.807) is 0 Å². The number of rotatable bonds is 8. The van der Waals surface area contributed by atoms with Gasteiger partial charge in [0, 0.05) is 38.6 Å². The number of aromatic nitrogens is 1. The van der Waals surface area contributed by atoms with Crippen LogP contribution in [0, 0.1) is 0 Å². The topological polar surface area (TPSA) is 43.1 Å². The normalized spacial score (nSPS) is 17.1. The predicted octanol–water partition coefficient (Wildman–Crippen LogP) is 0.832. The van der Waals surface area contributed by atoms with E-state index in [1.807, 2.05) is 6.20 Å². The van der Waals surface area contributed by atoms with Crippen LogP contribution < -0.4 is 10.6 Å². The molecule has 0 aliphatic carbocycles. The molecule has 1 aliphatic rings. The molecule has 1 aromatic heterocycles. The third kappa shape index (κ3) is 5.21. The van der Waals surface area contributed by atoms with Gasteiger partial charge in [-0.2, -0.15) is 0 Å². The van der Waals surface area contributed by atoms with Gasteiger partial charge in [-0.25, -0.2) is 0 Å². The smallest absolute Gasteiger partial charge is 0.0107 e. The van der Waals surface area contributed by atoms with Crippen molar-refractivity contribution in [3.63, 3.8) is 0 Å². The Hall–Kier alpha value is -0.840. The van der Waals surface area contributed by atoms with Crippen LogP contribution in [0.25, 0.3) is 0 Å². The van der Waals surface area contributed by atoms with E-state index < -0.39 is 0 Å². The van der Waals surface area contributed by atoms with Crippen molar-refractivity contribution in [3.8, 4) is 0 Å². The summed E-state index contributed by atoms with van der Waals surface area (Å²) in [6.07, 6.45) is 7.80. The molecule has 1 saturated heterocycles. The lowest BCUT2D eigenvalue weighted by Gasteiger charge is -2.27. The minimum atomic E-state index is 1.09. The number of aromatic amines is 1. The zero-order chi connectivity index (χ0) is 12.5. The maximum Gasteiger partial charge on any atom is 0.0107 e. The summed E-state index contributed by atoms with van der Waals surface area (Å²) in [5.74, 6) is 0. The monoisotopic (exact) mass is 250 g/mol. The molecule has 0 aromatic carbocycles. The molecule has 18 heavy (non-hydrogen) atoms. The molecule has 0 spiro atoms. The van der Waals surface area contributed by atoms with E-state index in [9.17, 15) is 0 Å². The molecular formula is C14H26N4. The maximum absolute atomic E-state index is 3.52. The quantitative estimate of drug-likeness (QED) is 0.599. The van der Waals surface area contributed by atoms with Crippen molar-refractivity contribution >= 4 is 0 Å². The summed E-state index contributed by atoms with van der Waals surface area (Å²) in [4.78, 5) is 5.65. The Balaban J connectivity index is 1.39. The fraction of sp³-hybridized carbons (Fsp3) is 0.714. The van der Waals surface area contributed by atoms with Gasteiger partial charge in [0.1, 0.15) is 0 Å². The zero-order valence-electron chi connectivity index (χ0n) is 11.3. The van der Waals surface area contributed by atoms with Crippen molar-refractivity contribution in [1.29, 1.82) is 0 Å². The van der Waals surface area contributed by atoms with Gasteiger partial charge >= 0.3 is 0 Å². The lowest BCUT2D eigenvalue weighted by molar-refractivity contribution is 0.236. The van der Waals surface area contributed by atoms with Crippen LogP contribution >= 0.6 is 0 Å². The van der Waals surface area contributed by atoms with E-state index in [-0.39, 0.29) is 0 Å². The van der Waals surface area contributed by atoms with Gasteiger partial charge in [-0.15, -0.1) is 0 Å². The van der Waals surface area contributed by atoms with E-state index >= 15 is 0 Å². The highest BCUT2D eigenvalue weighted by molar-refractivity contribution is 5.08. The largest absolute Gasteiger partial charge is 0.367 e. The number of unbranched alkanes of at least 4 members (excludes halogenated alkanes) is 1. The van der Waals surface area contributed by atoms with Crippen LogP contribution in [0.3, 0.4) is 0 Å². The number of piperazine rings is 1. The first-order chi connectivity index (χ1) is 8.95. The van der Waals surface area contributed by atoms with E-state index in [0.29, 0.717) is 0 Å². The van der Waals surface area contributed by atoms with Crippen molar-refractivity contribution < 1.29 is 0 Å². The molecule has 1 aliphatic heterocycles. The molecule has 2 rings (SSSR count). The van der Waals surface area contributed by atoms with E-state index in [0.717, 1.165) is 32.6 Å². The first-order valence-electron chi connectivity index (χ1n) is 7.20. The van der Waals surface area contributed by atoms with Gasteiger partial charge in [-0.1, -0.05) is 0 Å². The average Bonchev–Trinajstić information content (AvgIpc) is 2.92. The number of H-pyrrole nitrogens is 1. The second-order valence-corrected chi connectivity index (χ2v) is 5.02. The van der Waals surface area contributed by atoms with E-state index in [4.69, 9.17) is 0 Å². The fourth-order valence-electron chi connectivity index (χ4n) is 2.39. The summed E-state index contributed by atoms with van der Waals surface area (Å²) in [6, 6.07) is 2.14. The van der Waals surface area contributed by atoms with Gasteiger partial charge in [0.05, 0.1) is 0 Å². The second-order valence-electron chi connectivity index (χ2n) is 5.02. The van der Waals surface area contributed by atoms with Crippen molar-refractivity contribution in [3.05, 3.63) is 24.0 Å². The summed E-state index contributed by atoms with van der Waals surface area (Å²) in [6.45, 7) is 8.27. The number of nitrogens with one attached hydrogen (secondary N) is 3. The average molecular weight is 250 g/mol. The molecule has 3 N–H and O–H groups in total. The summed E-state index contributed by atoms with van der Waals surface area (Å²) >= 11 is 0. The van der Waals surface area contributed by atoms with Crippen molar-refractivity contribution in [2.75, 3.05) is 45.8 Å². The summed E-state index contributed by atoms with van der Waals surface area (Å²) in [7, 11) is 0. The molecule has 0 saturated carbocycles. The molecule has 1 aromatic rings. The molecule has 4 nitrogen and oxygen atoms in total. The van der Waals surface area contributed by atoms with E-state index in [2.05, 4.69) is 32.8 Å². The summed E-state index contributed by atoms with van der Waals surface area (Å²) < 4.78 is 0. The fourth-order valence-corrected chi connectivity index (χ4v) is 2.39. The summed E-state index contributed by atoms with van der Waals surface area (Å²) in [5.41, 5.74) is 1.39. The van der Waals surface area contributed by atoms with Crippen molar-refractivity contribution in [1.82, 2.24) is 20.5 Å². The number of hydrogen-bond acceptors (Lipinski definition) is 3. The lowest BCUT2D eigenvalue weighted by Crippen LogP contribution is -2.43. The molecule has 0 radical (unpaired) electrons. The predicted molar refractivity (Wildman–Crippen MR) is 75.9 cm³/mol. The zero-order valence-corrected chi connectivity index (χ0v) is 11.3. The minimum Gasteiger partial charge on any atom is -0.367 e. The highest BCUT2D eigenvalue weighted by atomic mass is 15.2. The first-order valence-corrected chi connectivity index (χ1v) is 7.20. The number of hydrogen-bond donors (Lipinski definition) is 3. The van der Waals surface area contributed by atoms with Crippen LogP contribution in [0.4, 0.5) is 0 Å². The molecule has 102 valence electrons. The van der Waals surface area contributed by atoms with Crippen LogP contribution in [0.2, 0.25) is 0 Å². The van der Waals surface area contributed by atoms with Crippen molar-refractivity contribution in [2.24, 2.45) is 0 Å². The molecule has 4 heteroatoms. The van der Waals surface area contributed by atoms with Gasteiger partial charge in [-0.3, -0.25) is 0 Å². The van der Waals surface area contributed by atoms with Crippen LogP contribution in [-0.4, -0.2) is 55.7 Å². The highest BCUT2D eigenvalue weighted by Crippen LogP contribution is 1.98. The molecule has 2 heterocycles. The van der Waals surface area contributed by atoms with Crippen LogP contribution in [0.5, 0.6) is 0 Å². The van der Waals surface area contributed by atoms with Gasteiger partial charge < -0.3 is 20.5 Å². The third-order valence-corrected chi connectivity index (χ3v) is 3.54. The Bertz CT molecular complexity index is 291. The first kappa shape index (κ1) is 13.6. The van der Waals surface area contributed by atoms with Crippen LogP contribution in [-0.2, 0) is 6.42 Å². The van der Waals surface area contributed by atoms with Crippen molar-refractivity contribution in [2.45, 2.75) is 19.3 Å². The standard InChI is InChI=1S/C14H26N4/c1(2-10-18-11-8-16-9-12-18)5-15-6-3-14-4-7-17-13-14/h4,7,13,15-17H,1-3,5-6,8-12H2. The second kappa shape index (κ2) is 8.29. The SMILES string of the molecule is c1cc(CCNCCCCN2CCNCC2)c[nH]1. The Morgan fingerprint density at radius 2 is 2.06 bits per heavy atom. The van der Waals surface area contributed by atoms with E-state index in [1.165, 1.54) is 38.0 Å². The molecule has 0 atom stereocenters. The molecule has 1 fully saturated rings. The Morgan fingerprint density at radius 3 is 2.83 bits per heavy atom. The Kier molecular flexibility index (Phi) is 6.26. The highest BCUT2D eigenvalue weighted by Gasteiger charge is 2.07. The lowest BCUT2D eigenvalue weighted by atomic mass is 10.2. The summed E-state index contributed by atoms with van der Waals surface area (Å²) in [5, 5.41) is 6.91. The Labute approximate surface area is 110 Å². The Morgan fingerprint density at radius 1 is 1.17 bits per heavy atom. The van der Waals surface area contributed by atoms with Gasteiger partial charge in [0.2, 0.25) is 0 Å². The molecule has 0 unspecified atom stereocenters. The van der Waals surface area contributed by atoms with Gasteiger partial charge in [-0.05, 0) is 50.5 Å². The van der Waals surface area contributed by atoms with Crippen LogP contribution in [0.1, 0.15) is 18.4 Å². The van der Waals surface area contributed by atoms with Crippen LogP contribution in [0.15, 0.2) is 18.5 Å². The number of nitrogens with zero attached hydrogens (tertiary/aromatic N) is 1. The van der Waals surface area contributed by atoms with Gasteiger partial charge in [0.25, 0.3) is 0 Å². The molecular weight excluding hydrogens is 224 g/mol.